The summed E-state index contributed by atoms with van der Waals surface area (Å²) in [6.07, 6.45) is 2.09. The van der Waals surface area contributed by atoms with E-state index in [0.717, 1.165) is 5.56 Å². The first-order valence-electron chi connectivity index (χ1n) is 11.3. The van der Waals surface area contributed by atoms with Crippen molar-refractivity contribution in [2.45, 2.75) is 58.0 Å². The van der Waals surface area contributed by atoms with E-state index in [1.54, 1.807) is 18.1 Å². The van der Waals surface area contributed by atoms with E-state index in [9.17, 15) is 14.0 Å². The van der Waals surface area contributed by atoms with Gasteiger partial charge in [-0.15, -0.1) is 0 Å². The molecule has 0 aromatic heterocycles. The molecule has 1 atom stereocenters. The number of likely N-dealkylation sites (tertiary alicyclic amines) is 1. The summed E-state index contributed by atoms with van der Waals surface area (Å²) >= 11 is 0. The molecule has 1 aromatic rings. The molecule has 0 unspecified atom stereocenters. The fraction of sp³-hybridized carbons (Fsp3) is 0.667. The molecule has 2 amide bonds. The van der Waals surface area contributed by atoms with Gasteiger partial charge in [-0.25, -0.2) is 9.18 Å². The molecule has 32 heavy (non-hydrogen) atoms. The Morgan fingerprint density at radius 1 is 1.25 bits per heavy atom. The molecule has 0 bridgehead atoms. The maximum Gasteiger partial charge on any atom is 0.410 e. The Balaban J connectivity index is 1.79. The summed E-state index contributed by atoms with van der Waals surface area (Å²) in [6.45, 7) is 8.03. The van der Waals surface area contributed by atoms with Crippen LogP contribution in [0.5, 0.6) is 5.75 Å². The largest absolute Gasteiger partial charge is 0.493 e. The normalized spacial score (nSPS) is 20.7. The monoisotopic (exact) mass is 450 g/mol. The highest BCUT2D eigenvalue weighted by Gasteiger charge is 2.48. The van der Waals surface area contributed by atoms with Gasteiger partial charge in [0.05, 0.1) is 6.61 Å². The van der Waals surface area contributed by atoms with Crippen LogP contribution in [0, 0.1) is 11.2 Å². The standard InChI is InChI=1S/C24H35FN2O5/c1-23(2,3)32-22(29)27-10-8-24(9-11-27)15-21(28)26-16-19(24)18-7-6-17(25)14-20(18)31-13-5-12-30-4/h6-7,14,19H,5,8-13,15-16H2,1-4H3,(H,26,28)/t19-/m0/s1. The van der Waals surface area contributed by atoms with Crippen molar-refractivity contribution < 1.29 is 28.2 Å². The van der Waals surface area contributed by atoms with Crippen molar-refractivity contribution in [2.75, 3.05) is 40.0 Å². The molecule has 2 aliphatic rings. The number of ether oxygens (including phenoxy) is 3. The number of amides is 2. The van der Waals surface area contributed by atoms with Crippen LogP contribution in [0.15, 0.2) is 18.2 Å². The SMILES string of the molecule is COCCCOc1cc(F)ccc1[C@@H]1CNC(=O)CC12CCN(C(=O)OC(C)(C)C)CC2. The topological polar surface area (TPSA) is 77.1 Å². The average Bonchev–Trinajstić information content (AvgIpc) is 2.71. The molecule has 1 N–H and O–H groups in total. The first kappa shape index (κ1) is 24.3. The summed E-state index contributed by atoms with van der Waals surface area (Å²) in [6, 6.07) is 4.63. The molecule has 2 saturated heterocycles. The summed E-state index contributed by atoms with van der Waals surface area (Å²) in [5.74, 6) is 0.135. The smallest absolute Gasteiger partial charge is 0.410 e. The van der Waals surface area contributed by atoms with Crippen molar-refractivity contribution >= 4 is 12.0 Å². The van der Waals surface area contributed by atoms with Gasteiger partial charge in [0.1, 0.15) is 17.2 Å². The molecule has 0 saturated carbocycles. The predicted molar refractivity (Wildman–Crippen MR) is 118 cm³/mol. The van der Waals surface area contributed by atoms with Crippen LogP contribution in [0.4, 0.5) is 9.18 Å². The summed E-state index contributed by atoms with van der Waals surface area (Å²) in [5, 5.41) is 2.97. The third-order valence-corrected chi connectivity index (χ3v) is 6.27. The molecule has 0 aliphatic carbocycles. The lowest BCUT2D eigenvalue weighted by molar-refractivity contribution is -0.128. The molecule has 2 heterocycles. The number of rotatable bonds is 6. The molecule has 8 heteroatoms. The van der Waals surface area contributed by atoms with Crippen molar-refractivity contribution in [1.29, 1.82) is 0 Å². The van der Waals surface area contributed by atoms with Gasteiger partial charge in [0.2, 0.25) is 5.91 Å². The van der Waals surface area contributed by atoms with E-state index in [-0.39, 0.29) is 29.2 Å². The molecule has 178 valence electrons. The Hall–Kier alpha value is -2.35. The van der Waals surface area contributed by atoms with E-state index >= 15 is 0 Å². The minimum Gasteiger partial charge on any atom is -0.493 e. The summed E-state index contributed by atoms with van der Waals surface area (Å²) in [5.41, 5.74) is 0.0286. The zero-order valence-electron chi connectivity index (χ0n) is 19.5. The van der Waals surface area contributed by atoms with Crippen LogP contribution in [0.1, 0.15) is 57.9 Å². The highest BCUT2D eigenvalue weighted by Crippen LogP contribution is 2.50. The molecular weight excluding hydrogens is 415 g/mol. The summed E-state index contributed by atoms with van der Waals surface area (Å²) < 4.78 is 30.5. The Bertz CT molecular complexity index is 815. The lowest BCUT2D eigenvalue weighted by atomic mass is 9.62. The molecule has 2 fully saturated rings. The molecular formula is C24H35FN2O5. The van der Waals surface area contributed by atoms with Gasteiger partial charge in [0.25, 0.3) is 0 Å². The number of hydrogen-bond donors (Lipinski definition) is 1. The zero-order chi connectivity index (χ0) is 23.4. The second-order valence-corrected chi connectivity index (χ2v) is 9.74. The lowest BCUT2D eigenvalue weighted by Crippen LogP contribution is -2.53. The molecule has 1 aromatic carbocycles. The fourth-order valence-corrected chi connectivity index (χ4v) is 4.67. The van der Waals surface area contributed by atoms with E-state index in [4.69, 9.17) is 14.2 Å². The number of carbonyl (C=O) groups excluding carboxylic acids is 2. The Labute approximate surface area is 189 Å². The number of nitrogens with one attached hydrogen (secondary N) is 1. The highest BCUT2D eigenvalue weighted by atomic mass is 19.1. The number of benzene rings is 1. The van der Waals surface area contributed by atoms with Gasteiger partial charge in [-0.2, -0.15) is 0 Å². The minimum atomic E-state index is -0.553. The van der Waals surface area contributed by atoms with Crippen LogP contribution in [-0.4, -0.2) is 62.5 Å². The Morgan fingerprint density at radius 2 is 1.97 bits per heavy atom. The number of nitrogens with zero attached hydrogens (tertiary/aromatic N) is 1. The van der Waals surface area contributed by atoms with Gasteiger partial charge in [-0.3, -0.25) is 4.79 Å². The predicted octanol–water partition coefficient (Wildman–Crippen LogP) is 3.86. The van der Waals surface area contributed by atoms with Crippen LogP contribution in [0.25, 0.3) is 0 Å². The zero-order valence-corrected chi connectivity index (χ0v) is 19.5. The van der Waals surface area contributed by atoms with Crippen molar-refractivity contribution in [3.05, 3.63) is 29.6 Å². The van der Waals surface area contributed by atoms with Gasteiger partial charge < -0.3 is 24.4 Å². The molecule has 7 nitrogen and oxygen atoms in total. The second kappa shape index (κ2) is 10.1. The van der Waals surface area contributed by atoms with E-state index < -0.39 is 5.60 Å². The maximum atomic E-state index is 14.0. The van der Waals surface area contributed by atoms with Gasteiger partial charge in [-0.05, 0) is 50.7 Å². The van der Waals surface area contributed by atoms with Crippen LogP contribution < -0.4 is 10.1 Å². The van der Waals surface area contributed by atoms with Crippen LogP contribution in [-0.2, 0) is 14.3 Å². The summed E-state index contributed by atoms with van der Waals surface area (Å²) in [7, 11) is 1.63. The number of hydrogen-bond acceptors (Lipinski definition) is 5. The number of carbonyl (C=O) groups is 2. The van der Waals surface area contributed by atoms with Gasteiger partial charge in [0.15, 0.2) is 0 Å². The maximum absolute atomic E-state index is 14.0. The van der Waals surface area contributed by atoms with Crippen molar-refractivity contribution in [1.82, 2.24) is 10.2 Å². The highest BCUT2D eigenvalue weighted by molar-refractivity contribution is 5.78. The third-order valence-electron chi connectivity index (χ3n) is 6.27. The lowest BCUT2D eigenvalue weighted by Gasteiger charge is -2.49. The molecule has 2 aliphatic heterocycles. The van der Waals surface area contributed by atoms with E-state index in [1.165, 1.54) is 12.1 Å². The van der Waals surface area contributed by atoms with Crippen LogP contribution in [0.3, 0.4) is 0 Å². The Kier molecular flexibility index (Phi) is 7.64. The van der Waals surface area contributed by atoms with Crippen LogP contribution in [0.2, 0.25) is 0 Å². The van der Waals surface area contributed by atoms with Crippen LogP contribution >= 0.6 is 0 Å². The van der Waals surface area contributed by atoms with Crippen molar-refractivity contribution in [2.24, 2.45) is 5.41 Å². The first-order chi connectivity index (χ1) is 15.1. The number of piperidine rings is 2. The van der Waals surface area contributed by atoms with E-state index in [2.05, 4.69) is 5.32 Å². The molecule has 1 spiro atoms. The quantitative estimate of drug-likeness (QED) is 0.666. The average molecular weight is 451 g/mol. The van der Waals surface area contributed by atoms with Gasteiger partial charge in [-0.1, -0.05) is 6.07 Å². The number of methoxy groups -OCH3 is 1. The molecule has 3 rings (SSSR count). The molecule has 0 radical (unpaired) electrons. The van der Waals surface area contributed by atoms with Crippen molar-refractivity contribution in [3.8, 4) is 5.75 Å². The van der Waals surface area contributed by atoms with E-state index in [1.807, 2.05) is 20.8 Å². The minimum absolute atomic E-state index is 0.0108. The van der Waals surface area contributed by atoms with Gasteiger partial charge in [0, 0.05) is 58.2 Å². The van der Waals surface area contributed by atoms with Crippen molar-refractivity contribution in [3.63, 3.8) is 0 Å². The third kappa shape index (κ3) is 5.91. The first-order valence-corrected chi connectivity index (χ1v) is 11.3. The Morgan fingerprint density at radius 3 is 2.62 bits per heavy atom. The van der Waals surface area contributed by atoms with Gasteiger partial charge >= 0.3 is 6.09 Å². The number of halogens is 1. The second-order valence-electron chi connectivity index (χ2n) is 9.74. The van der Waals surface area contributed by atoms with E-state index in [0.29, 0.717) is 64.3 Å². The fourth-order valence-electron chi connectivity index (χ4n) is 4.67. The summed E-state index contributed by atoms with van der Waals surface area (Å²) in [4.78, 5) is 26.6.